The Morgan fingerprint density at radius 3 is 2.74 bits per heavy atom. The smallest absolute Gasteiger partial charge is 0.332 e. The fourth-order valence-electron chi connectivity index (χ4n) is 3.40. The van der Waals surface area contributed by atoms with E-state index >= 15 is 0 Å². The van der Waals surface area contributed by atoms with E-state index in [1.54, 1.807) is 19.2 Å². The van der Waals surface area contributed by atoms with E-state index in [1.165, 1.54) is 29.8 Å². The first-order valence-corrected chi connectivity index (χ1v) is 8.91. The highest BCUT2D eigenvalue weighted by atomic mass is 19.1. The van der Waals surface area contributed by atoms with Gasteiger partial charge in [0, 0.05) is 39.8 Å². The van der Waals surface area contributed by atoms with E-state index < -0.39 is 5.69 Å². The minimum atomic E-state index is -0.393. The van der Waals surface area contributed by atoms with Crippen LogP contribution < -0.4 is 21.5 Å². The lowest BCUT2D eigenvalue weighted by Gasteiger charge is -2.34. The number of carbonyl (C=O) groups excluding carboxylic acids is 1. The highest BCUT2D eigenvalue weighted by Crippen LogP contribution is 2.21. The topological polar surface area (TPSA) is 76.3 Å². The highest BCUT2D eigenvalue weighted by molar-refractivity contribution is 5.79. The first-order chi connectivity index (χ1) is 12.9. The van der Waals surface area contributed by atoms with Crippen LogP contribution in [-0.2, 0) is 25.4 Å². The molecule has 2 heterocycles. The SMILES string of the molecule is Cn1c(N2CCCC(C(=O)NCc3cccc(F)c3)C2)cc(=O)n(C)c1=O. The lowest BCUT2D eigenvalue weighted by Crippen LogP contribution is -2.46. The van der Waals surface area contributed by atoms with Gasteiger partial charge in [0.2, 0.25) is 5.91 Å². The van der Waals surface area contributed by atoms with Crippen molar-refractivity contribution in [2.75, 3.05) is 18.0 Å². The second-order valence-corrected chi connectivity index (χ2v) is 6.87. The summed E-state index contributed by atoms with van der Waals surface area (Å²) in [5.41, 5.74) is -0.0640. The monoisotopic (exact) mass is 374 g/mol. The molecule has 1 unspecified atom stereocenters. The Balaban J connectivity index is 1.70. The molecule has 27 heavy (non-hydrogen) atoms. The van der Waals surface area contributed by atoms with Gasteiger partial charge in [-0.3, -0.25) is 18.7 Å². The summed E-state index contributed by atoms with van der Waals surface area (Å²) < 4.78 is 15.7. The van der Waals surface area contributed by atoms with Crippen molar-refractivity contribution in [3.63, 3.8) is 0 Å². The molecule has 1 aliphatic heterocycles. The molecule has 144 valence electrons. The van der Waals surface area contributed by atoms with Crippen LogP contribution in [-0.4, -0.2) is 28.1 Å². The van der Waals surface area contributed by atoms with Crippen molar-refractivity contribution in [3.8, 4) is 0 Å². The maximum atomic E-state index is 13.2. The Labute approximate surface area is 156 Å². The lowest BCUT2D eigenvalue weighted by atomic mass is 9.97. The van der Waals surface area contributed by atoms with Crippen LogP contribution in [0.1, 0.15) is 18.4 Å². The van der Waals surface area contributed by atoms with E-state index in [2.05, 4.69) is 5.32 Å². The molecule has 1 aromatic carbocycles. The van der Waals surface area contributed by atoms with Crippen LogP contribution in [0.2, 0.25) is 0 Å². The number of benzene rings is 1. The average Bonchev–Trinajstić information content (AvgIpc) is 2.67. The molecule has 0 spiro atoms. The lowest BCUT2D eigenvalue weighted by molar-refractivity contribution is -0.125. The molecule has 1 fully saturated rings. The summed E-state index contributed by atoms with van der Waals surface area (Å²) in [5.74, 6) is -0.188. The number of nitrogens with zero attached hydrogens (tertiary/aromatic N) is 3. The number of carbonyl (C=O) groups is 1. The maximum Gasteiger partial charge on any atom is 0.332 e. The Kier molecular flexibility index (Phi) is 5.43. The maximum absolute atomic E-state index is 13.2. The third kappa shape index (κ3) is 4.10. The molecular formula is C19H23FN4O3. The highest BCUT2D eigenvalue weighted by Gasteiger charge is 2.27. The fourth-order valence-corrected chi connectivity index (χ4v) is 3.40. The Morgan fingerprint density at radius 1 is 1.22 bits per heavy atom. The number of rotatable bonds is 4. The summed E-state index contributed by atoms with van der Waals surface area (Å²) in [7, 11) is 3.05. The molecule has 8 heteroatoms. The molecule has 0 aliphatic carbocycles. The van der Waals surface area contributed by atoms with Gasteiger partial charge in [0.05, 0.1) is 5.92 Å². The number of anilines is 1. The van der Waals surface area contributed by atoms with Gasteiger partial charge in [-0.15, -0.1) is 0 Å². The molecule has 1 N–H and O–H groups in total. The number of aromatic nitrogens is 2. The molecular weight excluding hydrogens is 351 g/mol. The molecule has 1 atom stereocenters. The molecule has 7 nitrogen and oxygen atoms in total. The van der Waals surface area contributed by atoms with Crippen LogP contribution >= 0.6 is 0 Å². The van der Waals surface area contributed by atoms with Crippen LogP contribution in [0.3, 0.4) is 0 Å². The molecule has 1 amide bonds. The Hall–Kier alpha value is -2.90. The molecule has 1 aliphatic rings. The molecule has 0 bridgehead atoms. The molecule has 0 radical (unpaired) electrons. The van der Waals surface area contributed by atoms with Crippen molar-refractivity contribution in [1.82, 2.24) is 14.5 Å². The zero-order valence-corrected chi connectivity index (χ0v) is 15.4. The van der Waals surface area contributed by atoms with Gasteiger partial charge in [-0.2, -0.15) is 0 Å². The molecule has 3 rings (SSSR count). The van der Waals surface area contributed by atoms with E-state index in [0.29, 0.717) is 24.5 Å². The van der Waals surface area contributed by atoms with Crippen molar-refractivity contribution < 1.29 is 9.18 Å². The standard InChI is InChI=1S/C19H23FN4O3/c1-22-16(10-17(25)23(2)19(22)27)24-8-4-6-14(12-24)18(26)21-11-13-5-3-7-15(20)9-13/h3,5,7,9-10,14H,4,6,8,11-12H2,1-2H3,(H,21,26). The minimum absolute atomic E-state index is 0.113. The predicted octanol–water partition coefficient (Wildman–Crippen LogP) is 0.756. The van der Waals surface area contributed by atoms with Gasteiger partial charge >= 0.3 is 5.69 Å². The van der Waals surface area contributed by atoms with Gasteiger partial charge in [0.1, 0.15) is 11.6 Å². The van der Waals surface area contributed by atoms with Crippen molar-refractivity contribution in [2.24, 2.45) is 20.0 Å². The quantitative estimate of drug-likeness (QED) is 0.857. The number of hydrogen-bond donors (Lipinski definition) is 1. The number of piperidine rings is 1. The van der Waals surface area contributed by atoms with Gasteiger partial charge in [-0.1, -0.05) is 12.1 Å². The van der Waals surface area contributed by atoms with Gasteiger partial charge in [0.25, 0.3) is 5.56 Å². The Morgan fingerprint density at radius 2 is 2.00 bits per heavy atom. The summed E-state index contributed by atoms with van der Waals surface area (Å²) in [6.07, 6.45) is 1.51. The summed E-state index contributed by atoms with van der Waals surface area (Å²) >= 11 is 0. The average molecular weight is 374 g/mol. The van der Waals surface area contributed by atoms with Crippen molar-refractivity contribution in [1.29, 1.82) is 0 Å². The largest absolute Gasteiger partial charge is 0.357 e. The normalized spacial score (nSPS) is 17.0. The second-order valence-electron chi connectivity index (χ2n) is 6.87. The summed E-state index contributed by atoms with van der Waals surface area (Å²) in [5, 5.41) is 2.85. The van der Waals surface area contributed by atoms with Gasteiger partial charge in [-0.05, 0) is 30.5 Å². The number of nitrogens with one attached hydrogen (secondary N) is 1. The molecule has 0 saturated carbocycles. The second kappa shape index (κ2) is 7.77. The van der Waals surface area contributed by atoms with Gasteiger partial charge in [0.15, 0.2) is 0 Å². The van der Waals surface area contributed by atoms with E-state index in [-0.39, 0.29) is 29.7 Å². The molecule has 1 saturated heterocycles. The van der Waals surface area contributed by atoms with E-state index in [0.717, 1.165) is 17.4 Å². The van der Waals surface area contributed by atoms with E-state index in [1.807, 2.05) is 4.90 Å². The first-order valence-electron chi connectivity index (χ1n) is 8.91. The van der Waals surface area contributed by atoms with Crippen LogP contribution in [0.15, 0.2) is 39.9 Å². The zero-order valence-electron chi connectivity index (χ0n) is 15.4. The van der Waals surface area contributed by atoms with Crippen LogP contribution in [0, 0.1) is 11.7 Å². The van der Waals surface area contributed by atoms with Crippen molar-refractivity contribution >= 4 is 11.7 Å². The minimum Gasteiger partial charge on any atom is -0.357 e. The van der Waals surface area contributed by atoms with E-state index in [4.69, 9.17) is 0 Å². The third-order valence-corrected chi connectivity index (χ3v) is 4.97. The van der Waals surface area contributed by atoms with E-state index in [9.17, 15) is 18.8 Å². The molecule has 1 aromatic heterocycles. The Bertz CT molecular complexity index is 966. The van der Waals surface area contributed by atoms with Gasteiger partial charge in [-0.25, -0.2) is 9.18 Å². The van der Waals surface area contributed by atoms with Crippen LogP contribution in [0.5, 0.6) is 0 Å². The number of halogens is 1. The summed E-state index contributed by atoms with van der Waals surface area (Å²) in [6.45, 7) is 1.36. The first kappa shape index (κ1) is 18.9. The van der Waals surface area contributed by atoms with Crippen LogP contribution in [0.25, 0.3) is 0 Å². The third-order valence-electron chi connectivity index (χ3n) is 4.97. The molecule has 2 aromatic rings. The number of hydrogen-bond acceptors (Lipinski definition) is 4. The number of amides is 1. The fraction of sp³-hybridized carbons (Fsp3) is 0.421. The van der Waals surface area contributed by atoms with Crippen molar-refractivity contribution in [2.45, 2.75) is 19.4 Å². The van der Waals surface area contributed by atoms with Gasteiger partial charge < -0.3 is 10.2 Å². The predicted molar refractivity (Wildman–Crippen MR) is 100 cm³/mol. The zero-order chi connectivity index (χ0) is 19.6. The summed E-state index contributed by atoms with van der Waals surface area (Å²) in [6, 6.07) is 7.54. The summed E-state index contributed by atoms with van der Waals surface area (Å²) in [4.78, 5) is 38.6. The van der Waals surface area contributed by atoms with Crippen LogP contribution in [0.4, 0.5) is 10.2 Å². The van der Waals surface area contributed by atoms with Crippen molar-refractivity contribution in [3.05, 3.63) is 62.6 Å².